The van der Waals surface area contributed by atoms with Crippen LogP contribution in [-0.2, 0) is 0 Å². The van der Waals surface area contributed by atoms with Gasteiger partial charge in [0.05, 0.1) is 13.2 Å². The molecule has 4 heteroatoms. The molecule has 1 aromatic carbocycles. The number of benzene rings is 1. The van der Waals surface area contributed by atoms with Gasteiger partial charge in [-0.3, -0.25) is 4.79 Å². The molecular weight excluding hydrogens is 308 g/mol. The Kier molecular flexibility index (Phi) is 4.86. The van der Waals surface area contributed by atoms with Crippen LogP contribution in [0.1, 0.15) is 43.5 Å². The number of carbonyl (C=O) groups excluding carboxylic acids is 1. The normalized spacial score (nSPS) is 14.9. The number of Topliss-reactive ketones (excluding diaryl/α,β-unsaturated/α-hetero) is 1. The van der Waals surface area contributed by atoms with Gasteiger partial charge in [-0.2, -0.15) is 0 Å². The molecule has 1 aromatic rings. The molecule has 0 unspecified atom stereocenters. The predicted molar refractivity (Wildman–Crippen MR) is 78.2 cm³/mol. The van der Waals surface area contributed by atoms with Gasteiger partial charge in [0.2, 0.25) is 0 Å². The second-order valence-electron chi connectivity index (χ2n) is 4.64. The molecule has 1 aliphatic rings. The molecule has 0 amide bonds. The molecule has 19 heavy (non-hydrogen) atoms. The van der Waals surface area contributed by atoms with Gasteiger partial charge in [0.15, 0.2) is 17.3 Å². The van der Waals surface area contributed by atoms with Crippen LogP contribution in [0.5, 0.6) is 11.5 Å². The first-order valence-corrected chi connectivity index (χ1v) is 7.60. The van der Waals surface area contributed by atoms with E-state index in [2.05, 4.69) is 15.9 Å². The number of ketones is 1. The Hall–Kier alpha value is -1.03. The number of halogens is 1. The first-order valence-electron chi connectivity index (χ1n) is 6.80. The fourth-order valence-corrected chi connectivity index (χ4v) is 2.67. The highest BCUT2D eigenvalue weighted by Crippen LogP contribution is 2.37. The zero-order valence-corrected chi connectivity index (χ0v) is 13.0. The summed E-state index contributed by atoms with van der Waals surface area (Å²) in [7, 11) is 0. The number of hydrogen-bond acceptors (Lipinski definition) is 3. The Labute approximate surface area is 122 Å². The van der Waals surface area contributed by atoms with E-state index in [0.717, 1.165) is 23.7 Å². The maximum atomic E-state index is 12.3. The summed E-state index contributed by atoms with van der Waals surface area (Å²) in [5.41, 5.74) is 0.705. The van der Waals surface area contributed by atoms with E-state index < -0.39 is 0 Å². The molecule has 0 aromatic heterocycles. The molecule has 1 aliphatic carbocycles. The number of hydrogen-bond donors (Lipinski definition) is 0. The monoisotopic (exact) mass is 326 g/mol. The summed E-state index contributed by atoms with van der Waals surface area (Å²) in [5, 5.41) is 0. The van der Waals surface area contributed by atoms with Gasteiger partial charge in [-0.05, 0) is 54.8 Å². The van der Waals surface area contributed by atoms with Gasteiger partial charge in [-0.25, -0.2) is 0 Å². The van der Waals surface area contributed by atoms with E-state index in [-0.39, 0.29) is 11.7 Å². The average molecular weight is 327 g/mol. The Morgan fingerprint density at radius 2 is 1.79 bits per heavy atom. The van der Waals surface area contributed by atoms with E-state index in [4.69, 9.17) is 9.47 Å². The van der Waals surface area contributed by atoms with Crippen molar-refractivity contribution >= 4 is 21.7 Å². The number of ether oxygens (including phenoxy) is 2. The van der Waals surface area contributed by atoms with E-state index in [9.17, 15) is 4.79 Å². The lowest BCUT2D eigenvalue weighted by Gasteiger charge is -2.24. The van der Waals surface area contributed by atoms with E-state index in [1.54, 1.807) is 6.07 Å². The van der Waals surface area contributed by atoms with Gasteiger partial charge in [-0.1, -0.05) is 6.42 Å². The van der Waals surface area contributed by atoms with Crippen molar-refractivity contribution < 1.29 is 14.3 Å². The van der Waals surface area contributed by atoms with Crippen LogP contribution in [-0.4, -0.2) is 19.0 Å². The lowest BCUT2D eigenvalue weighted by molar-refractivity contribution is 0.0854. The van der Waals surface area contributed by atoms with Crippen LogP contribution in [0.15, 0.2) is 16.6 Å². The second kappa shape index (κ2) is 6.42. The van der Waals surface area contributed by atoms with Crippen LogP contribution in [0.2, 0.25) is 0 Å². The van der Waals surface area contributed by atoms with Crippen molar-refractivity contribution in [2.24, 2.45) is 5.92 Å². The number of rotatable bonds is 6. The standard InChI is InChI=1S/C15H19BrO3/c1-3-18-13-8-11(15(17)10-6-5-7-10)12(16)9-14(13)19-4-2/h8-10H,3-7H2,1-2H3. The summed E-state index contributed by atoms with van der Waals surface area (Å²) in [5.74, 6) is 1.72. The van der Waals surface area contributed by atoms with E-state index in [1.807, 2.05) is 19.9 Å². The Bertz CT molecular complexity index is 467. The third-order valence-electron chi connectivity index (χ3n) is 3.37. The van der Waals surface area contributed by atoms with Gasteiger partial charge in [0.1, 0.15) is 0 Å². The molecule has 0 N–H and O–H groups in total. The van der Waals surface area contributed by atoms with Crippen LogP contribution in [0.4, 0.5) is 0 Å². The Morgan fingerprint density at radius 3 is 2.26 bits per heavy atom. The van der Waals surface area contributed by atoms with Gasteiger partial charge in [-0.15, -0.1) is 0 Å². The van der Waals surface area contributed by atoms with Gasteiger partial charge in [0, 0.05) is 16.0 Å². The molecule has 0 aliphatic heterocycles. The van der Waals surface area contributed by atoms with Gasteiger partial charge >= 0.3 is 0 Å². The van der Waals surface area contributed by atoms with Crippen molar-refractivity contribution in [2.75, 3.05) is 13.2 Å². The largest absolute Gasteiger partial charge is 0.490 e. The van der Waals surface area contributed by atoms with Crippen molar-refractivity contribution in [3.63, 3.8) is 0 Å². The molecule has 0 atom stereocenters. The minimum absolute atomic E-state index is 0.184. The predicted octanol–water partition coefficient (Wildman–Crippen LogP) is 4.23. The molecule has 1 fully saturated rings. The Morgan fingerprint density at radius 1 is 1.21 bits per heavy atom. The van der Waals surface area contributed by atoms with Gasteiger partial charge < -0.3 is 9.47 Å². The van der Waals surface area contributed by atoms with Gasteiger partial charge in [0.25, 0.3) is 0 Å². The summed E-state index contributed by atoms with van der Waals surface area (Å²) in [6.07, 6.45) is 3.16. The SMILES string of the molecule is CCOc1cc(Br)c(C(=O)C2CCC2)cc1OCC. The molecule has 0 bridgehead atoms. The molecule has 0 spiro atoms. The second-order valence-corrected chi connectivity index (χ2v) is 5.49. The average Bonchev–Trinajstić information content (AvgIpc) is 2.30. The molecule has 0 saturated heterocycles. The van der Waals surface area contributed by atoms with Crippen molar-refractivity contribution in [1.82, 2.24) is 0 Å². The summed E-state index contributed by atoms with van der Waals surface area (Å²) >= 11 is 3.47. The summed E-state index contributed by atoms with van der Waals surface area (Å²) in [4.78, 5) is 12.3. The lowest BCUT2D eigenvalue weighted by Crippen LogP contribution is -2.22. The van der Waals surface area contributed by atoms with Crippen LogP contribution in [0, 0.1) is 5.92 Å². The third-order valence-corrected chi connectivity index (χ3v) is 4.03. The number of carbonyl (C=O) groups is 1. The van der Waals surface area contributed by atoms with E-state index in [1.165, 1.54) is 0 Å². The molecule has 104 valence electrons. The molecule has 2 rings (SSSR count). The van der Waals surface area contributed by atoms with E-state index >= 15 is 0 Å². The van der Waals surface area contributed by atoms with Crippen molar-refractivity contribution in [3.8, 4) is 11.5 Å². The summed E-state index contributed by atoms with van der Waals surface area (Å²) < 4.78 is 11.9. The molecule has 0 heterocycles. The highest BCUT2D eigenvalue weighted by Gasteiger charge is 2.28. The fourth-order valence-electron chi connectivity index (χ4n) is 2.15. The quantitative estimate of drug-likeness (QED) is 0.734. The zero-order valence-electron chi connectivity index (χ0n) is 11.4. The summed E-state index contributed by atoms with van der Waals surface area (Å²) in [6.45, 7) is 4.98. The topological polar surface area (TPSA) is 35.5 Å². The Balaban J connectivity index is 2.32. The highest BCUT2D eigenvalue weighted by molar-refractivity contribution is 9.10. The lowest BCUT2D eigenvalue weighted by atomic mass is 9.80. The van der Waals surface area contributed by atoms with Crippen LogP contribution >= 0.6 is 15.9 Å². The highest BCUT2D eigenvalue weighted by atomic mass is 79.9. The maximum absolute atomic E-state index is 12.3. The van der Waals surface area contributed by atoms with Crippen LogP contribution in [0.25, 0.3) is 0 Å². The van der Waals surface area contributed by atoms with E-state index in [0.29, 0.717) is 30.3 Å². The molecule has 1 saturated carbocycles. The molecular formula is C15H19BrO3. The minimum atomic E-state index is 0.184. The van der Waals surface area contributed by atoms with Crippen molar-refractivity contribution in [1.29, 1.82) is 0 Å². The zero-order chi connectivity index (χ0) is 13.8. The minimum Gasteiger partial charge on any atom is -0.490 e. The van der Waals surface area contributed by atoms with Crippen molar-refractivity contribution in [3.05, 3.63) is 22.2 Å². The molecule has 3 nitrogen and oxygen atoms in total. The first-order chi connectivity index (χ1) is 9.17. The third kappa shape index (κ3) is 3.11. The maximum Gasteiger partial charge on any atom is 0.167 e. The van der Waals surface area contributed by atoms with Crippen LogP contribution in [0.3, 0.4) is 0 Å². The van der Waals surface area contributed by atoms with Crippen molar-refractivity contribution in [2.45, 2.75) is 33.1 Å². The van der Waals surface area contributed by atoms with Crippen LogP contribution < -0.4 is 9.47 Å². The first kappa shape index (κ1) is 14.4. The molecule has 0 radical (unpaired) electrons. The summed E-state index contributed by atoms with van der Waals surface area (Å²) in [6, 6.07) is 3.64. The smallest absolute Gasteiger partial charge is 0.167 e. The fraction of sp³-hybridized carbons (Fsp3) is 0.533.